The van der Waals surface area contributed by atoms with Gasteiger partial charge in [0.25, 0.3) is 0 Å². The van der Waals surface area contributed by atoms with Crippen molar-refractivity contribution in [3.8, 4) is 17.8 Å². The Labute approximate surface area is 148 Å². The van der Waals surface area contributed by atoms with Gasteiger partial charge in [0.2, 0.25) is 5.78 Å². The predicted molar refractivity (Wildman–Crippen MR) is 99.0 cm³/mol. The summed E-state index contributed by atoms with van der Waals surface area (Å²) >= 11 is 0. The van der Waals surface area contributed by atoms with Crippen LogP contribution in [0.2, 0.25) is 0 Å². The molecule has 0 aliphatic heterocycles. The Bertz CT molecular complexity index is 1370. The highest BCUT2D eigenvalue weighted by atomic mass is 15.2. The fraction of sp³-hybridized carbons (Fsp3) is 0. The lowest BCUT2D eigenvalue weighted by Crippen LogP contribution is -1.97. The molecule has 0 amide bonds. The number of fused-ring (bicyclic) bond motifs is 5. The average molecular weight is 333 g/mol. The van der Waals surface area contributed by atoms with Crippen LogP contribution < -0.4 is 0 Å². The van der Waals surface area contributed by atoms with E-state index in [0.717, 1.165) is 33.5 Å². The molecule has 120 valence electrons. The van der Waals surface area contributed by atoms with Crippen LogP contribution in [0.1, 0.15) is 11.1 Å². The third-order valence-electron chi connectivity index (χ3n) is 4.54. The van der Waals surface area contributed by atoms with E-state index in [1.54, 1.807) is 18.2 Å². The molecule has 0 atom stereocenters. The SMILES string of the molecule is N#Cc1cc(C#N)cc(-n2c3ccccc3n3c4ccccc4nc23)c1. The number of rotatable bonds is 1. The summed E-state index contributed by atoms with van der Waals surface area (Å²) in [5.74, 6) is 0.756. The second-order valence-corrected chi connectivity index (χ2v) is 6.05. The molecule has 3 aromatic carbocycles. The van der Waals surface area contributed by atoms with Gasteiger partial charge in [-0.2, -0.15) is 10.5 Å². The normalized spacial score (nSPS) is 11.0. The summed E-state index contributed by atoms with van der Waals surface area (Å²) in [6.07, 6.45) is 0. The average Bonchev–Trinajstić information content (AvgIpc) is 3.21. The third kappa shape index (κ3) is 1.86. The first-order chi connectivity index (χ1) is 12.8. The Hall–Kier alpha value is -4.09. The lowest BCUT2D eigenvalue weighted by molar-refractivity contribution is 1.11. The lowest BCUT2D eigenvalue weighted by atomic mass is 10.1. The van der Waals surface area contributed by atoms with Gasteiger partial charge in [0.15, 0.2) is 0 Å². The van der Waals surface area contributed by atoms with Crippen LogP contribution in [0.3, 0.4) is 0 Å². The molecular formula is C21H11N5. The van der Waals surface area contributed by atoms with E-state index in [1.165, 1.54) is 0 Å². The number of nitriles is 2. The highest BCUT2D eigenvalue weighted by Gasteiger charge is 2.17. The van der Waals surface area contributed by atoms with Gasteiger partial charge in [0.1, 0.15) is 0 Å². The highest BCUT2D eigenvalue weighted by molar-refractivity contribution is 5.92. The minimum absolute atomic E-state index is 0.450. The van der Waals surface area contributed by atoms with E-state index >= 15 is 0 Å². The lowest BCUT2D eigenvalue weighted by Gasteiger charge is -2.06. The van der Waals surface area contributed by atoms with Gasteiger partial charge in [-0.05, 0) is 42.5 Å². The third-order valence-corrected chi connectivity index (χ3v) is 4.54. The van der Waals surface area contributed by atoms with Crippen molar-refractivity contribution in [3.05, 3.63) is 77.9 Å². The van der Waals surface area contributed by atoms with Crippen molar-refractivity contribution < 1.29 is 0 Å². The molecule has 5 nitrogen and oxygen atoms in total. The van der Waals surface area contributed by atoms with E-state index < -0.39 is 0 Å². The molecule has 0 radical (unpaired) electrons. The second kappa shape index (κ2) is 5.20. The molecule has 0 N–H and O–H groups in total. The van der Waals surface area contributed by atoms with Crippen LogP contribution >= 0.6 is 0 Å². The van der Waals surface area contributed by atoms with Gasteiger partial charge in [-0.3, -0.25) is 8.97 Å². The van der Waals surface area contributed by atoms with Crippen LogP contribution in [0.15, 0.2) is 66.7 Å². The Kier molecular flexibility index (Phi) is 2.86. The molecule has 0 spiro atoms. The standard InChI is InChI=1S/C21H11N5/c22-12-14-9-15(13-23)11-16(10-14)25-19-7-3-4-8-20(19)26-18-6-2-1-5-17(18)24-21(25)26/h1-11H. The van der Waals surface area contributed by atoms with Crippen molar-refractivity contribution in [1.82, 2.24) is 14.0 Å². The first kappa shape index (κ1) is 14.3. The molecule has 5 heteroatoms. The van der Waals surface area contributed by atoms with E-state index in [0.29, 0.717) is 11.1 Å². The minimum Gasteiger partial charge on any atom is -0.278 e. The summed E-state index contributed by atoms with van der Waals surface area (Å²) in [7, 11) is 0. The Balaban J connectivity index is 2.00. The number of aromatic nitrogens is 3. The number of nitrogens with zero attached hydrogens (tertiary/aromatic N) is 5. The summed E-state index contributed by atoms with van der Waals surface area (Å²) in [5.41, 5.74) is 5.57. The molecule has 0 aliphatic carbocycles. The maximum Gasteiger partial charge on any atom is 0.220 e. The van der Waals surface area contributed by atoms with Crippen LogP contribution in [0.25, 0.3) is 33.5 Å². The molecule has 5 aromatic rings. The van der Waals surface area contributed by atoms with Crippen LogP contribution in [0.5, 0.6) is 0 Å². The summed E-state index contributed by atoms with van der Waals surface area (Å²) in [6, 6.07) is 25.4. The van der Waals surface area contributed by atoms with E-state index in [4.69, 9.17) is 4.98 Å². The fourth-order valence-corrected chi connectivity index (χ4v) is 3.47. The number of imidazole rings is 2. The van der Waals surface area contributed by atoms with Gasteiger partial charge in [-0.1, -0.05) is 24.3 Å². The first-order valence-electron chi connectivity index (χ1n) is 8.12. The molecule has 0 saturated heterocycles. The van der Waals surface area contributed by atoms with Crippen LogP contribution in [0, 0.1) is 22.7 Å². The van der Waals surface area contributed by atoms with Gasteiger partial charge in [0.05, 0.1) is 51.0 Å². The predicted octanol–water partition coefficient (Wildman–Crippen LogP) is 4.17. The van der Waals surface area contributed by atoms with Crippen LogP contribution in [0.4, 0.5) is 0 Å². The van der Waals surface area contributed by atoms with Crippen molar-refractivity contribution in [2.75, 3.05) is 0 Å². The smallest absolute Gasteiger partial charge is 0.220 e. The molecule has 26 heavy (non-hydrogen) atoms. The quantitative estimate of drug-likeness (QED) is 0.462. The van der Waals surface area contributed by atoms with Crippen molar-refractivity contribution in [1.29, 1.82) is 10.5 Å². The largest absolute Gasteiger partial charge is 0.278 e. The van der Waals surface area contributed by atoms with Gasteiger partial charge in [-0.15, -0.1) is 0 Å². The van der Waals surface area contributed by atoms with Crippen LogP contribution in [-0.2, 0) is 0 Å². The highest BCUT2D eigenvalue weighted by Crippen LogP contribution is 2.29. The maximum atomic E-state index is 9.33. The van der Waals surface area contributed by atoms with E-state index in [1.807, 2.05) is 53.1 Å². The number of hydrogen-bond acceptors (Lipinski definition) is 3. The Morgan fingerprint density at radius 2 is 1.35 bits per heavy atom. The van der Waals surface area contributed by atoms with Gasteiger partial charge in [-0.25, -0.2) is 4.98 Å². The summed E-state index contributed by atoms with van der Waals surface area (Å²) in [6.45, 7) is 0. The monoisotopic (exact) mass is 333 g/mol. The zero-order valence-corrected chi connectivity index (χ0v) is 13.6. The van der Waals surface area contributed by atoms with E-state index in [2.05, 4.69) is 16.5 Å². The van der Waals surface area contributed by atoms with Crippen molar-refractivity contribution in [2.45, 2.75) is 0 Å². The van der Waals surface area contributed by atoms with Gasteiger partial charge < -0.3 is 0 Å². The van der Waals surface area contributed by atoms with Gasteiger partial charge >= 0.3 is 0 Å². The van der Waals surface area contributed by atoms with Crippen LogP contribution in [-0.4, -0.2) is 14.0 Å². The number of hydrogen-bond donors (Lipinski definition) is 0. The maximum absolute atomic E-state index is 9.33. The molecule has 2 heterocycles. The zero-order valence-electron chi connectivity index (χ0n) is 13.6. The Morgan fingerprint density at radius 3 is 2.04 bits per heavy atom. The number of para-hydroxylation sites is 4. The molecule has 5 rings (SSSR count). The Morgan fingerprint density at radius 1 is 0.731 bits per heavy atom. The fourth-order valence-electron chi connectivity index (χ4n) is 3.47. The molecule has 0 fully saturated rings. The summed E-state index contributed by atoms with van der Waals surface area (Å²) < 4.78 is 4.10. The molecule has 0 bridgehead atoms. The molecule has 0 unspecified atom stereocenters. The van der Waals surface area contributed by atoms with E-state index in [-0.39, 0.29) is 0 Å². The number of benzene rings is 3. The second-order valence-electron chi connectivity index (χ2n) is 6.05. The molecule has 2 aromatic heterocycles. The molecule has 0 saturated carbocycles. The topological polar surface area (TPSA) is 69.8 Å². The van der Waals surface area contributed by atoms with Gasteiger partial charge in [0, 0.05) is 0 Å². The molecule has 0 aliphatic rings. The molecular weight excluding hydrogens is 322 g/mol. The van der Waals surface area contributed by atoms with Crippen molar-refractivity contribution >= 4 is 27.8 Å². The van der Waals surface area contributed by atoms with Crippen molar-refractivity contribution in [2.24, 2.45) is 0 Å². The minimum atomic E-state index is 0.450. The summed E-state index contributed by atoms with van der Waals surface area (Å²) in [5, 5.41) is 18.7. The zero-order chi connectivity index (χ0) is 17.7. The van der Waals surface area contributed by atoms with Crippen molar-refractivity contribution in [3.63, 3.8) is 0 Å². The first-order valence-corrected chi connectivity index (χ1v) is 8.12. The van der Waals surface area contributed by atoms with E-state index in [9.17, 15) is 10.5 Å². The summed E-state index contributed by atoms with van der Waals surface area (Å²) in [4.78, 5) is 4.80.